The number of aromatic carboxylic acids is 1. The van der Waals surface area contributed by atoms with Crippen LogP contribution in [0.5, 0.6) is 0 Å². The van der Waals surface area contributed by atoms with Crippen molar-refractivity contribution in [2.75, 3.05) is 4.90 Å². The average Bonchev–Trinajstić information content (AvgIpc) is 3.38. The highest BCUT2D eigenvalue weighted by Gasteiger charge is 2.37. The van der Waals surface area contributed by atoms with E-state index in [2.05, 4.69) is 10.2 Å². The molecule has 1 aliphatic rings. The van der Waals surface area contributed by atoms with E-state index < -0.39 is 17.8 Å². The van der Waals surface area contributed by atoms with Gasteiger partial charge in [-0.05, 0) is 42.5 Å². The third-order valence-corrected chi connectivity index (χ3v) is 4.95. The number of nitrogens with zero attached hydrogens (tertiary/aromatic N) is 3. The second-order valence-corrected chi connectivity index (χ2v) is 6.81. The van der Waals surface area contributed by atoms with Gasteiger partial charge in [0.05, 0.1) is 27.9 Å². The first-order valence-electron chi connectivity index (χ1n) is 9.29. The number of para-hydroxylation sites is 1. The molecule has 0 saturated carbocycles. The monoisotopic (exact) mass is 411 g/mol. The number of rotatable bonds is 4. The molecule has 150 valence electrons. The predicted octanol–water partition coefficient (Wildman–Crippen LogP) is 3.90. The summed E-state index contributed by atoms with van der Waals surface area (Å²) in [6, 6.07) is 19.5. The molecule has 2 heterocycles. The van der Waals surface area contributed by atoms with E-state index in [1.165, 1.54) is 12.1 Å². The predicted molar refractivity (Wildman–Crippen MR) is 110 cm³/mol. The lowest BCUT2D eigenvalue weighted by molar-refractivity contribution is 0.0696. The van der Waals surface area contributed by atoms with Crippen LogP contribution in [0.25, 0.3) is 22.9 Å². The van der Waals surface area contributed by atoms with Crippen LogP contribution in [0.2, 0.25) is 0 Å². The first-order chi connectivity index (χ1) is 15.0. The Hall–Kier alpha value is -4.59. The number of hydrogen-bond acceptors (Lipinski definition) is 6. The molecule has 0 aliphatic carbocycles. The molecule has 4 aromatic rings. The van der Waals surface area contributed by atoms with Gasteiger partial charge in [0.2, 0.25) is 11.8 Å². The Morgan fingerprint density at radius 2 is 1.39 bits per heavy atom. The van der Waals surface area contributed by atoms with Gasteiger partial charge in [-0.15, -0.1) is 10.2 Å². The smallest absolute Gasteiger partial charge is 0.335 e. The summed E-state index contributed by atoms with van der Waals surface area (Å²) >= 11 is 0. The minimum atomic E-state index is -1.07. The summed E-state index contributed by atoms with van der Waals surface area (Å²) in [5, 5.41) is 17.3. The van der Waals surface area contributed by atoms with Crippen molar-refractivity contribution in [3.63, 3.8) is 0 Å². The fourth-order valence-electron chi connectivity index (χ4n) is 3.49. The van der Waals surface area contributed by atoms with Crippen molar-refractivity contribution < 1.29 is 23.9 Å². The van der Waals surface area contributed by atoms with Crippen molar-refractivity contribution in [2.24, 2.45) is 0 Å². The number of benzene rings is 3. The fraction of sp³-hybridized carbons (Fsp3) is 0. The molecular formula is C23H13N3O5. The Morgan fingerprint density at radius 3 is 2.06 bits per heavy atom. The molecule has 0 atom stereocenters. The fourth-order valence-corrected chi connectivity index (χ4v) is 3.49. The zero-order valence-corrected chi connectivity index (χ0v) is 15.9. The number of hydrogen-bond donors (Lipinski definition) is 1. The van der Waals surface area contributed by atoms with E-state index in [-0.39, 0.29) is 17.3 Å². The second kappa shape index (κ2) is 7.03. The maximum atomic E-state index is 12.9. The molecule has 0 fully saturated rings. The summed E-state index contributed by atoms with van der Waals surface area (Å²) in [6.07, 6.45) is 0. The lowest BCUT2D eigenvalue weighted by Gasteiger charge is -2.16. The van der Waals surface area contributed by atoms with E-state index in [1.807, 2.05) is 0 Å². The van der Waals surface area contributed by atoms with Gasteiger partial charge in [0.1, 0.15) is 0 Å². The number of carboxylic acids is 1. The number of carbonyl (C=O) groups excluding carboxylic acids is 2. The lowest BCUT2D eigenvalue weighted by Crippen LogP contribution is -2.29. The van der Waals surface area contributed by atoms with Crippen LogP contribution in [-0.2, 0) is 0 Å². The van der Waals surface area contributed by atoms with Gasteiger partial charge in [-0.2, -0.15) is 0 Å². The number of carbonyl (C=O) groups is 3. The zero-order chi connectivity index (χ0) is 21.5. The first-order valence-corrected chi connectivity index (χ1v) is 9.29. The Labute approximate surface area is 175 Å². The average molecular weight is 411 g/mol. The molecule has 3 aromatic carbocycles. The van der Waals surface area contributed by atoms with Gasteiger partial charge in [-0.3, -0.25) is 9.59 Å². The van der Waals surface area contributed by atoms with Crippen LogP contribution in [0.4, 0.5) is 5.69 Å². The number of anilines is 1. The number of aromatic nitrogens is 2. The van der Waals surface area contributed by atoms with Gasteiger partial charge in [0.15, 0.2) is 0 Å². The second-order valence-electron chi connectivity index (χ2n) is 6.81. The van der Waals surface area contributed by atoms with Gasteiger partial charge in [0, 0.05) is 5.56 Å². The summed E-state index contributed by atoms with van der Waals surface area (Å²) in [5.41, 5.74) is 1.92. The van der Waals surface area contributed by atoms with E-state index in [4.69, 9.17) is 4.42 Å². The first kappa shape index (κ1) is 18.4. The minimum Gasteiger partial charge on any atom is -0.478 e. The normalized spacial score (nSPS) is 12.8. The van der Waals surface area contributed by atoms with E-state index in [1.54, 1.807) is 60.7 Å². The molecule has 2 amide bonds. The molecule has 0 spiro atoms. The largest absolute Gasteiger partial charge is 0.478 e. The quantitative estimate of drug-likeness (QED) is 0.507. The molecule has 0 unspecified atom stereocenters. The topological polar surface area (TPSA) is 114 Å². The molecule has 1 aromatic heterocycles. The molecule has 0 bridgehead atoms. The van der Waals surface area contributed by atoms with Crippen molar-refractivity contribution >= 4 is 23.5 Å². The molecule has 0 radical (unpaired) electrons. The summed E-state index contributed by atoms with van der Waals surface area (Å²) < 4.78 is 5.77. The van der Waals surface area contributed by atoms with Crippen molar-refractivity contribution in [2.45, 2.75) is 0 Å². The van der Waals surface area contributed by atoms with E-state index >= 15 is 0 Å². The highest BCUT2D eigenvalue weighted by molar-refractivity contribution is 6.35. The highest BCUT2D eigenvalue weighted by Crippen LogP contribution is 2.36. The zero-order valence-electron chi connectivity index (χ0n) is 15.9. The van der Waals surface area contributed by atoms with Crippen LogP contribution in [0.1, 0.15) is 31.1 Å². The molecule has 0 saturated heterocycles. The van der Waals surface area contributed by atoms with Gasteiger partial charge < -0.3 is 9.52 Å². The summed E-state index contributed by atoms with van der Waals surface area (Å²) in [6.45, 7) is 0. The summed E-state index contributed by atoms with van der Waals surface area (Å²) in [7, 11) is 0. The third-order valence-electron chi connectivity index (χ3n) is 4.95. The highest BCUT2D eigenvalue weighted by atomic mass is 16.4. The van der Waals surface area contributed by atoms with Gasteiger partial charge in [-0.25, -0.2) is 9.69 Å². The van der Waals surface area contributed by atoms with Crippen molar-refractivity contribution in [3.8, 4) is 22.9 Å². The maximum Gasteiger partial charge on any atom is 0.335 e. The van der Waals surface area contributed by atoms with Gasteiger partial charge in [0.25, 0.3) is 11.8 Å². The van der Waals surface area contributed by atoms with Crippen LogP contribution in [-0.4, -0.2) is 33.1 Å². The molecule has 1 N–H and O–H groups in total. The maximum absolute atomic E-state index is 12.9. The Kier molecular flexibility index (Phi) is 4.18. The summed E-state index contributed by atoms with van der Waals surface area (Å²) in [5.74, 6) is -1.71. The molecule has 1 aliphatic heterocycles. The van der Waals surface area contributed by atoms with E-state index in [0.29, 0.717) is 27.9 Å². The Bertz CT molecular complexity index is 1340. The Balaban J connectivity index is 1.56. The SMILES string of the molecule is O=C(O)c1cccc(-c2nnc(-c3ccccc3N3C(=O)c4ccccc4C3=O)o2)c1. The Morgan fingerprint density at radius 1 is 0.774 bits per heavy atom. The lowest BCUT2D eigenvalue weighted by atomic mass is 10.1. The summed E-state index contributed by atoms with van der Waals surface area (Å²) in [4.78, 5) is 38.1. The van der Waals surface area contributed by atoms with Crippen molar-refractivity contribution in [3.05, 3.63) is 89.5 Å². The molecule has 8 nitrogen and oxygen atoms in total. The van der Waals surface area contributed by atoms with E-state index in [0.717, 1.165) is 4.90 Å². The molecule has 31 heavy (non-hydrogen) atoms. The van der Waals surface area contributed by atoms with Crippen LogP contribution in [0.15, 0.2) is 77.2 Å². The molecule has 8 heteroatoms. The van der Waals surface area contributed by atoms with E-state index in [9.17, 15) is 19.5 Å². The van der Waals surface area contributed by atoms with Crippen LogP contribution in [0.3, 0.4) is 0 Å². The third kappa shape index (κ3) is 2.98. The minimum absolute atomic E-state index is 0.0867. The van der Waals surface area contributed by atoms with Crippen LogP contribution >= 0.6 is 0 Å². The standard InChI is InChI=1S/C23H13N3O5/c27-21-15-8-1-2-9-16(15)22(28)26(21)18-11-4-3-10-17(18)20-25-24-19(31-20)13-6-5-7-14(12-13)23(29)30/h1-12H,(H,29,30). The number of amides is 2. The molecule has 5 rings (SSSR count). The number of carboxylic acid groups (broad SMARTS) is 1. The number of imide groups is 1. The number of fused-ring (bicyclic) bond motifs is 1. The van der Waals surface area contributed by atoms with Crippen LogP contribution < -0.4 is 4.90 Å². The molecular weight excluding hydrogens is 398 g/mol. The van der Waals surface area contributed by atoms with Crippen molar-refractivity contribution in [1.82, 2.24) is 10.2 Å². The van der Waals surface area contributed by atoms with Crippen molar-refractivity contribution in [1.29, 1.82) is 0 Å². The van der Waals surface area contributed by atoms with Gasteiger partial charge in [-0.1, -0.05) is 30.3 Å². The van der Waals surface area contributed by atoms with Gasteiger partial charge >= 0.3 is 5.97 Å². The van der Waals surface area contributed by atoms with Crippen LogP contribution in [0, 0.1) is 0 Å².